The predicted molar refractivity (Wildman–Crippen MR) is 74.2 cm³/mol. The highest BCUT2D eigenvalue weighted by atomic mass is 16.5. The van der Waals surface area contributed by atoms with Crippen molar-refractivity contribution in [2.75, 3.05) is 13.2 Å². The summed E-state index contributed by atoms with van der Waals surface area (Å²) in [5.41, 5.74) is 0. The highest BCUT2D eigenvalue weighted by Gasteiger charge is 2.10. The quantitative estimate of drug-likeness (QED) is 0.417. The molecule has 6 nitrogen and oxygen atoms in total. The van der Waals surface area contributed by atoms with Gasteiger partial charge in [-0.1, -0.05) is 12.2 Å². The number of rotatable bonds is 8. The molecule has 0 aromatic heterocycles. The normalized spacial score (nSPS) is 12.3. The molecule has 0 aliphatic rings. The van der Waals surface area contributed by atoms with Crippen molar-refractivity contribution in [3.05, 3.63) is 24.3 Å². The van der Waals surface area contributed by atoms with Gasteiger partial charge in [0.05, 0.1) is 13.2 Å². The summed E-state index contributed by atoms with van der Waals surface area (Å²) in [6, 6.07) is -0.319. The average Bonchev–Trinajstić information content (AvgIpc) is 2.35. The van der Waals surface area contributed by atoms with Gasteiger partial charge in [0.25, 0.3) is 0 Å². The van der Waals surface area contributed by atoms with Crippen LogP contribution in [0.1, 0.15) is 27.2 Å². The third kappa shape index (κ3) is 9.87. The smallest absolute Gasteiger partial charge is 0.407 e. The summed E-state index contributed by atoms with van der Waals surface area (Å²) in [6.45, 7) is 5.71. The van der Waals surface area contributed by atoms with Crippen molar-refractivity contribution in [3.63, 3.8) is 0 Å². The van der Waals surface area contributed by atoms with Gasteiger partial charge in [-0.05, 0) is 26.8 Å². The zero-order valence-electron chi connectivity index (χ0n) is 12.0. The van der Waals surface area contributed by atoms with Gasteiger partial charge in [0.1, 0.15) is 0 Å². The summed E-state index contributed by atoms with van der Waals surface area (Å²) < 4.78 is 9.37. The Morgan fingerprint density at radius 2 is 1.65 bits per heavy atom. The van der Waals surface area contributed by atoms with Crippen LogP contribution in [0, 0.1) is 0 Å². The number of hydrogen-bond donors (Lipinski definition) is 1. The van der Waals surface area contributed by atoms with Gasteiger partial charge in [0.15, 0.2) is 5.78 Å². The van der Waals surface area contributed by atoms with Gasteiger partial charge < -0.3 is 14.8 Å². The maximum Gasteiger partial charge on any atom is 0.407 e. The summed E-state index contributed by atoms with van der Waals surface area (Å²) in [5, 5.41) is 2.53. The molecule has 0 aromatic carbocycles. The number of esters is 1. The fourth-order valence-corrected chi connectivity index (χ4v) is 1.28. The Balaban J connectivity index is 4.03. The van der Waals surface area contributed by atoms with E-state index in [-0.39, 0.29) is 24.9 Å². The number of nitrogens with one attached hydrogen (secondary N) is 1. The van der Waals surface area contributed by atoms with Crippen LogP contribution in [0.4, 0.5) is 4.79 Å². The van der Waals surface area contributed by atoms with Gasteiger partial charge in [-0.25, -0.2) is 9.59 Å². The molecule has 0 saturated heterocycles. The molecule has 0 bridgehead atoms. The molecule has 20 heavy (non-hydrogen) atoms. The van der Waals surface area contributed by atoms with Gasteiger partial charge in [-0.2, -0.15) is 0 Å². The van der Waals surface area contributed by atoms with Crippen LogP contribution in [0.5, 0.6) is 0 Å². The van der Waals surface area contributed by atoms with Gasteiger partial charge in [-0.15, -0.1) is 0 Å². The molecular weight excluding hydrogens is 262 g/mol. The Labute approximate surface area is 118 Å². The van der Waals surface area contributed by atoms with E-state index in [0.29, 0.717) is 6.61 Å². The Kier molecular flexibility index (Phi) is 9.64. The van der Waals surface area contributed by atoms with Crippen molar-refractivity contribution in [2.24, 2.45) is 0 Å². The Bertz CT molecular complexity index is 387. The molecule has 6 heteroatoms. The van der Waals surface area contributed by atoms with E-state index < -0.39 is 12.1 Å². The van der Waals surface area contributed by atoms with Crippen molar-refractivity contribution in [2.45, 2.75) is 33.2 Å². The molecule has 0 aliphatic carbocycles. The molecule has 0 spiro atoms. The number of ketones is 1. The number of alkyl carbamates (subject to hydrolysis) is 1. The van der Waals surface area contributed by atoms with Crippen molar-refractivity contribution < 1.29 is 23.9 Å². The molecule has 0 saturated carbocycles. The van der Waals surface area contributed by atoms with E-state index in [0.717, 1.165) is 0 Å². The molecular formula is C14H21NO5. The predicted octanol–water partition coefficient (Wildman–Crippen LogP) is 1.76. The number of allylic oxidation sites excluding steroid dienone is 3. The van der Waals surface area contributed by atoms with Gasteiger partial charge in [-0.3, -0.25) is 4.79 Å². The third-order valence-electron chi connectivity index (χ3n) is 2.06. The summed E-state index contributed by atoms with van der Waals surface area (Å²) >= 11 is 0. The van der Waals surface area contributed by atoms with Crippen molar-refractivity contribution >= 4 is 17.8 Å². The maximum absolute atomic E-state index is 11.5. The molecule has 1 N–H and O–H groups in total. The SMILES string of the molecule is CCOC(=O)/C=C/C=C/C(=O)C[C@@H](C)NC(=O)OCC. The monoisotopic (exact) mass is 283 g/mol. The van der Waals surface area contributed by atoms with E-state index in [4.69, 9.17) is 4.74 Å². The molecule has 1 amide bonds. The number of carbonyl (C=O) groups excluding carboxylic acids is 3. The molecule has 0 aromatic rings. The largest absolute Gasteiger partial charge is 0.463 e. The first-order valence-corrected chi connectivity index (χ1v) is 6.47. The summed E-state index contributed by atoms with van der Waals surface area (Å²) in [7, 11) is 0. The molecule has 0 aliphatic heterocycles. The van der Waals surface area contributed by atoms with E-state index >= 15 is 0 Å². The standard InChI is InChI=1S/C14H21NO5/c1-4-19-13(17)9-7-6-8-12(16)10-11(3)15-14(18)20-5-2/h6-9,11H,4-5,10H2,1-3H3,(H,15,18)/b8-6+,9-7+/t11-/m1/s1. The van der Waals surface area contributed by atoms with Crippen molar-refractivity contribution in [3.8, 4) is 0 Å². The second-order valence-corrected chi connectivity index (χ2v) is 3.91. The van der Waals surface area contributed by atoms with E-state index in [9.17, 15) is 14.4 Å². The van der Waals surface area contributed by atoms with Gasteiger partial charge in [0.2, 0.25) is 0 Å². The fraction of sp³-hybridized carbons (Fsp3) is 0.500. The van der Waals surface area contributed by atoms with Crippen LogP contribution in [0.3, 0.4) is 0 Å². The van der Waals surface area contributed by atoms with E-state index in [1.807, 2.05) is 0 Å². The number of hydrogen-bond acceptors (Lipinski definition) is 5. The van der Waals surface area contributed by atoms with E-state index in [2.05, 4.69) is 10.1 Å². The van der Waals surface area contributed by atoms with Crippen LogP contribution in [-0.4, -0.2) is 37.1 Å². The summed E-state index contributed by atoms with van der Waals surface area (Å²) in [5.74, 6) is -0.621. The lowest BCUT2D eigenvalue weighted by Crippen LogP contribution is -2.34. The number of amides is 1. The Hall–Kier alpha value is -2.11. The first kappa shape index (κ1) is 17.9. The second-order valence-electron chi connectivity index (χ2n) is 3.91. The lowest BCUT2D eigenvalue weighted by atomic mass is 10.1. The number of ether oxygens (including phenoxy) is 2. The average molecular weight is 283 g/mol. The Morgan fingerprint density at radius 1 is 1.05 bits per heavy atom. The van der Waals surface area contributed by atoms with Gasteiger partial charge in [0, 0.05) is 18.5 Å². The second kappa shape index (κ2) is 10.8. The minimum absolute atomic E-state index is 0.155. The third-order valence-corrected chi connectivity index (χ3v) is 2.06. The molecule has 0 fully saturated rings. The summed E-state index contributed by atoms with van der Waals surface area (Å²) in [4.78, 5) is 33.6. The summed E-state index contributed by atoms with van der Waals surface area (Å²) in [6.07, 6.45) is 5.06. The van der Waals surface area contributed by atoms with Gasteiger partial charge >= 0.3 is 12.1 Å². The zero-order chi connectivity index (χ0) is 15.4. The van der Waals surface area contributed by atoms with Crippen LogP contribution in [0.15, 0.2) is 24.3 Å². The van der Waals surface area contributed by atoms with Crippen LogP contribution in [0.2, 0.25) is 0 Å². The molecule has 0 heterocycles. The van der Waals surface area contributed by atoms with E-state index in [1.54, 1.807) is 20.8 Å². The molecule has 1 atom stereocenters. The topological polar surface area (TPSA) is 81.7 Å². The molecule has 0 radical (unpaired) electrons. The minimum Gasteiger partial charge on any atom is -0.463 e. The lowest BCUT2D eigenvalue weighted by Gasteiger charge is -2.11. The molecule has 0 rings (SSSR count). The lowest BCUT2D eigenvalue weighted by molar-refractivity contribution is -0.137. The maximum atomic E-state index is 11.5. The zero-order valence-corrected chi connectivity index (χ0v) is 12.0. The fourth-order valence-electron chi connectivity index (χ4n) is 1.28. The van der Waals surface area contributed by atoms with Crippen molar-refractivity contribution in [1.82, 2.24) is 5.32 Å². The van der Waals surface area contributed by atoms with Crippen LogP contribution in [0.25, 0.3) is 0 Å². The van der Waals surface area contributed by atoms with Crippen LogP contribution < -0.4 is 5.32 Å². The number of carbonyl (C=O) groups is 3. The van der Waals surface area contributed by atoms with Crippen LogP contribution in [-0.2, 0) is 19.1 Å². The highest BCUT2D eigenvalue weighted by Crippen LogP contribution is 1.95. The molecule has 0 unspecified atom stereocenters. The van der Waals surface area contributed by atoms with E-state index in [1.165, 1.54) is 24.3 Å². The first-order chi connectivity index (χ1) is 9.49. The minimum atomic E-state index is -0.543. The van der Waals surface area contributed by atoms with Crippen molar-refractivity contribution in [1.29, 1.82) is 0 Å². The Morgan fingerprint density at radius 3 is 2.25 bits per heavy atom. The first-order valence-electron chi connectivity index (χ1n) is 6.47. The van der Waals surface area contributed by atoms with Crippen LogP contribution >= 0.6 is 0 Å². The molecule has 112 valence electrons. The highest BCUT2D eigenvalue weighted by molar-refractivity contribution is 5.91.